The Morgan fingerprint density at radius 1 is 1.37 bits per heavy atom. The van der Waals surface area contributed by atoms with Gasteiger partial charge in [-0.05, 0) is 20.1 Å². The van der Waals surface area contributed by atoms with Gasteiger partial charge < -0.3 is 15.2 Å². The molecular weight excluding hydrogens is 266 g/mol. The smallest absolute Gasteiger partial charge is 0.255 e. The number of aryl methyl sites for hydroxylation is 2. The van der Waals surface area contributed by atoms with Gasteiger partial charge in [0.15, 0.2) is 0 Å². The zero-order valence-electron chi connectivity index (χ0n) is 11.4. The third-order valence-electron chi connectivity index (χ3n) is 2.36. The molecule has 0 bridgehead atoms. The molecule has 0 radical (unpaired) electrons. The highest BCUT2D eigenvalue weighted by atomic mass is 32.2. The molecule has 106 valence electrons. The number of nitrogens with zero attached hydrogens (tertiary/aromatic N) is 2. The van der Waals surface area contributed by atoms with Crippen LogP contribution >= 0.6 is 11.8 Å². The van der Waals surface area contributed by atoms with E-state index in [0.717, 1.165) is 0 Å². The first-order valence-corrected chi connectivity index (χ1v) is 7.18. The topological polar surface area (TPSA) is 84.3 Å². The number of rotatable bonds is 7. The first-order valence-electron chi connectivity index (χ1n) is 5.96. The van der Waals surface area contributed by atoms with Crippen molar-refractivity contribution in [2.75, 3.05) is 32.6 Å². The number of aromatic nitrogens is 2. The van der Waals surface area contributed by atoms with Gasteiger partial charge in [-0.1, -0.05) is 0 Å². The summed E-state index contributed by atoms with van der Waals surface area (Å²) in [6.45, 7) is 4.61. The van der Waals surface area contributed by atoms with Gasteiger partial charge in [-0.2, -0.15) is 0 Å². The van der Waals surface area contributed by atoms with Crippen LogP contribution < -0.4 is 5.32 Å². The van der Waals surface area contributed by atoms with E-state index in [1.165, 1.54) is 11.8 Å². The van der Waals surface area contributed by atoms with Crippen molar-refractivity contribution in [3.05, 3.63) is 17.1 Å². The van der Waals surface area contributed by atoms with Crippen LogP contribution in [0.15, 0.2) is 5.03 Å². The Labute approximate surface area is 117 Å². The molecule has 7 heteroatoms. The number of carbonyl (C=O) groups is 1. The predicted molar refractivity (Wildman–Crippen MR) is 73.5 cm³/mol. The maximum absolute atomic E-state index is 12.1. The van der Waals surface area contributed by atoms with Crippen LogP contribution in [0.25, 0.3) is 0 Å². The second-order valence-corrected chi connectivity index (χ2v) is 4.63. The van der Waals surface area contributed by atoms with Crippen LogP contribution in [0.3, 0.4) is 0 Å². The van der Waals surface area contributed by atoms with Gasteiger partial charge in [0.2, 0.25) is 0 Å². The molecule has 1 aromatic rings. The molecule has 0 atom stereocenters. The van der Waals surface area contributed by atoms with E-state index in [1.807, 2.05) is 6.26 Å². The molecule has 6 nitrogen and oxygen atoms in total. The molecule has 19 heavy (non-hydrogen) atoms. The molecule has 0 saturated heterocycles. The van der Waals surface area contributed by atoms with Crippen LogP contribution in [-0.2, 0) is 4.74 Å². The van der Waals surface area contributed by atoms with Crippen molar-refractivity contribution < 1.29 is 14.6 Å². The first kappa shape index (κ1) is 15.9. The summed E-state index contributed by atoms with van der Waals surface area (Å²) in [6, 6.07) is 0. The minimum absolute atomic E-state index is 0.0184. The number of amides is 1. The Hall–Kier alpha value is -1.18. The van der Waals surface area contributed by atoms with E-state index >= 15 is 0 Å². The largest absolute Gasteiger partial charge is 0.394 e. The summed E-state index contributed by atoms with van der Waals surface area (Å²) in [7, 11) is 0. The Bertz CT molecular complexity index is 440. The fourth-order valence-corrected chi connectivity index (χ4v) is 2.25. The monoisotopic (exact) mass is 285 g/mol. The molecule has 0 aliphatic carbocycles. The van der Waals surface area contributed by atoms with Crippen molar-refractivity contribution in [1.82, 2.24) is 15.3 Å². The summed E-state index contributed by atoms with van der Waals surface area (Å²) in [5, 5.41) is 12.0. The molecule has 2 N–H and O–H groups in total. The molecular formula is C12H19N3O3S. The van der Waals surface area contributed by atoms with Gasteiger partial charge in [-0.3, -0.25) is 4.79 Å². The molecule has 0 fully saturated rings. The van der Waals surface area contributed by atoms with Crippen molar-refractivity contribution in [1.29, 1.82) is 0 Å². The number of ether oxygens (including phenoxy) is 1. The third kappa shape index (κ3) is 4.77. The Morgan fingerprint density at radius 3 is 2.74 bits per heavy atom. The fraction of sp³-hybridized carbons (Fsp3) is 0.583. The van der Waals surface area contributed by atoms with Crippen LogP contribution in [0.2, 0.25) is 0 Å². The van der Waals surface area contributed by atoms with Crippen molar-refractivity contribution in [2.24, 2.45) is 0 Å². The van der Waals surface area contributed by atoms with Crippen LogP contribution in [-0.4, -0.2) is 53.6 Å². The number of hydrogen-bond donors (Lipinski definition) is 2. The van der Waals surface area contributed by atoms with Crippen LogP contribution in [0.4, 0.5) is 0 Å². The number of aliphatic hydroxyl groups is 1. The van der Waals surface area contributed by atoms with Gasteiger partial charge in [0, 0.05) is 6.54 Å². The SMILES string of the molecule is CSc1nc(C)nc(C)c1C(=O)NCCOCCO. The molecule has 0 aromatic carbocycles. The minimum atomic E-state index is -0.200. The predicted octanol–water partition coefficient (Wildman–Crippen LogP) is 0.554. The summed E-state index contributed by atoms with van der Waals surface area (Å²) in [6.07, 6.45) is 1.88. The van der Waals surface area contributed by atoms with E-state index in [2.05, 4.69) is 15.3 Å². The van der Waals surface area contributed by atoms with Gasteiger partial charge in [0.25, 0.3) is 5.91 Å². The number of hydrogen-bond acceptors (Lipinski definition) is 6. The molecule has 0 saturated carbocycles. The lowest BCUT2D eigenvalue weighted by molar-refractivity contribution is 0.0835. The quantitative estimate of drug-likeness (QED) is 0.432. The highest BCUT2D eigenvalue weighted by Gasteiger charge is 2.16. The molecule has 1 rings (SSSR count). The van der Waals surface area contributed by atoms with Gasteiger partial charge in [-0.25, -0.2) is 9.97 Å². The zero-order chi connectivity index (χ0) is 14.3. The highest BCUT2D eigenvalue weighted by molar-refractivity contribution is 7.98. The average Bonchev–Trinajstić information content (AvgIpc) is 2.37. The van der Waals surface area contributed by atoms with Crippen molar-refractivity contribution in [3.63, 3.8) is 0 Å². The highest BCUT2D eigenvalue weighted by Crippen LogP contribution is 2.20. The maximum Gasteiger partial charge on any atom is 0.255 e. The van der Waals surface area contributed by atoms with Gasteiger partial charge in [0.1, 0.15) is 10.9 Å². The number of thioether (sulfide) groups is 1. The maximum atomic E-state index is 12.1. The second kappa shape index (κ2) is 8.08. The Kier molecular flexibility index (Phi) is 6.75. The first-order chi connectivity index (χ1) is 9.10. The Morgan fingerprint density at radius 2 is 2.11 bits per heavy atom. The molecule has 1 heterocycles. The lowest BCUT2D eigenvalue weighted by Crippen LogP contribution is -2.29. The zero-order valence-corrected chi connectivity index (χ0v) is 12.2. The van der Waals surface area contributed by atoms with E-state index in [1.54, 1.807) is 13.8 Å². The second-order valence-electron chi connectivity index (χ2n) is 3.83. The summed E-state index contributed by atoms with van der Waals surface area (Å²) < 4.78 is 5.07. The number of aliphatic hydroxyl groups excluding tert-OH is 1. The van der Waals surface area contributed by atoms with Crippen LogP contribution in [0, 0.1) is 13.8 Å². The van der Waals surface area contributed by atoms with E-state index in [4.69, 9.17) is 9.84 Å². The number of carbonyl (C=O) groups excluding carboxylic acids is 1. The fourth-order valence-electron chi connectivity index (χ4n) is 1.58. The van der Waals surface area contributed by atoms with Gasteiger partial charge in [-0.15, -0.1) is 11.8 Å². The van der Waals surface area contributed by atoms with Crippen LogP contribution in [0.5, 0.6) is 0 Å². The van der Waals surface area contributed by atoms with E-state index in [0.29, 0.717) is 35.3 Å². The third-order valence-corrected chi connectivity index (χ3v) is 3.04. The van der Waals surface area contributed by atoms with E-state index in [9.17, 15) is 4.79 Å². The minimum Gasteiger partial charge on any atom is -0.394 e. The normalized spacial score (nSPS) is 10.5. The van der Waals surface area contributed by atoms with Crippen molar-refractivity contribution >= 4 is 17.7 Å². The Balaban J connectivity index is 2.66. The van der Waals surface area contributed by atoms with Crippen molar-refractivity contribution in [2.45, 2.75) is 18.9 Å². The lowest BCUT2D eigenvalue weighted by atomic mass is 10.2. The van der Waals surface area contributed by atoms with Gasteiger partial charge in [0.05, 0.1) is 31.1 Å². The molecule has 0 spiro atoms. The summed E-state index contributed by atoms with van der Waals surface area (Å²) in [4.78, 5) is 20.5. The van der Waals surface area contributed by atoms with Gasteiger partial charge >= 0.3 is 0 Å². The van der Waals surface area contributed by atoms with E-state index in [-0.39, 0.29) is 19.1 Å². The van der Waals surface area contributed by atoms with Crippen LogP contribution in [0.1, 0.15) is 21.9 Å². The summed E-state index contributed by atoms with van der Waals surface area (Å²) in [5.41, 5.74) is 1.19. The number of nitrogens with one attached hydrogen (secondary N) is 1. The molecule has 0 unspecified atom stereocenters. The molecule has 0 aliphatic heterocycles. The molecule has 1 amide bonds. The standard InChI is InChI=1S/C12H19N3O3S/c1-8-10(12(19-3)15-9(2)14-8)11(17)13-4-6-18-7-5-16/h16H,4-7H2,1-3H3,(H,13,17). The van der Waals surface area contributed by atoms with E-state index < -0.39 is 0 Å². The average molecular weight is 285 g/mol. The van der Waals surface area contributed by atoms with Crippen molar-refractivity contribution in [3.8, 4) is 0 Å². The molecule has 1 aromatic heterocycles. The summed E-state index contributed by atoms with van der Waals surface area (Å²) >= 11 is 1.42. The molecule has 0 aliphatic rings. The summed E-state index contributed by atoms with van der Waals surface area (Å²) in [5.74, 6) is 0.458. The lowest BCUT2D eigenvalue weighted by Gasteiger charge is -2.11.